The van der Waals surface area contributed by atoms with Crippen molar-refractivity contribution in [1.29, 1.82) is 0 Å². The third-order valence-corrected chi connectivity index (χ3v) is 7.30. The minimum atomic E-state index is 1.02. The van der Waals surface area contributed by atoms with Crippen molar-refractivity contribution in [2.24, 2.45) is 0 Å². The first-order valence-corrected chi connectivity index (χ1v) is 13.3. The molecule has 0 bridgehead atoms. The van der Waals surface area contributed by atoms with Crippen molar-refractivity contribution in [1.82, 2.24) is 10.2 Å². The van der Waals surface area contributed by atoms with Crippen molar-refractivity contribution in [2.75, 3.05) is 6.26 Å². The van der Waals surface area contributed by atoms with Gasteiger partial charge >= 0.3 is 0 Å². The van der Waals surface area contributed by atoms with Crippen LogP contribution in [0.25, 0.3) is 10.6 Å². The van der Waals surface area contributed by atoms with Gasteiger partial charge in [0.15, 0.2) is 4.34 Å². The lowest BCUT2D eigenvalue weighted by atomic mass is 10.0. The second-order valence-corrected chi connectivity index (χ2v) is 9.80. The highest BCUT2D eigenvalue weighted by molar-refractivity contribution is 8.00. The Kier molecular flexibility index (Phi) is 12.6. The Morgan fingerprint density at radius 2 is 1.25 bits per heavy atom. The Balaban J connectivity index is 1.46. The molecule has 0 amide bonds. The lowest BCUT2D eigenvalue weighted by molar-refractivity contribution is 0.539. The Labute approximate surface area is 180 Å². The fraction of sp³-hybridized carbons (Fsp3) is 0.667. The van der Waals surface area contributed by atoms with Crippen molar-refractivity contribution in [3.8, 4) is 10.6 Å². The van der Waals surface area contributed by atoms with E-state index in [-0.39, 0.29) is 0 Å². The summed E-state index contributed by atoms with van der Waals surface area (Å²) in [5.74, 6) is 0. The number of aromatic nitrogens is 2. The van der Waals surface area contributed by atoms with Crippen molar-refractivity contribution in [3.63, 3.8) is 0 Å². The molecule has 1 aromatic carbocycles. The van der Waals surface area contributed by atoms with Gasteiger partial charge in [-0.1, -0.05) is 131 Å². The molecule has 1 heterocycles. The lowest BCUT2D eigenvalue weighted by Crippen LogP contribution is -1.87. The van der Waals surface area contributed by atoms with Gasteiger partial charge in [-0.15, -0.1) is 10.2 Å². The van der Waals surface area contributed by atoms with Crippen LogP contribution in [0.3, 0.4) is 0 Å². The Bertz CT molecular complexity index is 622. The van der Waals surface area contributed by atoms with E-state index in [4.69, 9.17) is 0 Å². The zero-order valence-electron chi connectivity index (χ0n) is 17.9. The quantitative estimate of drug-likeness (QED) is 0.202. The van der Waals surface area contributed by atoms with Gasteiger partial charge < -0.3 is 0 Å². The first-order valence-electron chi connectivity index (χ1n) is 11.3. The average molecular weight is 419 g/mol. The monoisotopic (exact) mass is 418 g/mol. The fourth-order valence-electron chi connectivity index (χ4n) is 3.57. The second-order valence-electron chi connectivity index (χ2n) is 7.77. The number of hydrogen-bond acceptors (Lipinski definition) is 4. The first-order chi connectivity index (χ1) is 13.8. The van der Waals surface area contributed by atoms with Gasteiger partial charge in [0.2, 0.25) is 0 Å². The third-order valence-electron chi connectivity index (χ3n) is 5.35. The number of unbranched alkanes of at least 4 members (excludes halogenated alkanes) is 12. The number of aryl methyl sites for hydroxylation is 1. The van der Waals surface area contributed by atoms with E-state index in [0.717, 1.165) is 9.35 Å². The maximum atomic E-state index is 4.27. The molecule has 0 radical (unpaired) electrons. The van der Waals surface area contributed by atoms with E-state index >= 15 is 0 Å². The predicted octanol–water partition coefficient (Wildman–Crippen LogP) is 8.56. The van der Waals surface area contributed by atoms with Crippen molar-refractivity contribution in [2.45, 2.75) is 101 Å². The van der Waals surface area contributed by atoms with Crippen molar-refractivity contribution >= 4 is 23.1 Å². The first kappa shape index (κ1) is 23.4. The molecule has 0 unspecified atom stereocenters. The van der Waals surface area contributed by atoms with Crippen LogP contribution in [-0.2, 0) is 6.42 Å². The van der Waals surface area contributed by atoms with Gasteiger partial charge in [-0.2, -0.15) is 0 Å². The molecule has 0 aliphatic rings. The highest BCUT2D eigenvalue weighted by Gasteiger charge is 2.05. The maximum Gasteiger partial charge on any atom is 0.174 e. The summed E-state index contributed by atoms with van der Waals surface area (Å²) in [6.07, 6.45) is 21.7. The summed E-state index contributed by atoms with van der Waals surface area (Å²) < 4.78 is 1.03. The van der Waals surface area contributed by atoms with E-state index in [1.165, 1.54) is 101 Å². The SMILES string of the molecule is CCCCCCCCCCCCCCCc1ccc(-c2nnc(SC)s2)cc1. The fourth-order valence-corrected chi connectivity index (χ4v) is 4.85. The molecule has 4 heteroatoms. The van der Waals surface area contributed by atoms with Crippen LogP contribution >= 0.6 is 23.1 Å². The van der Waals surface area contributed by atoms with E-state index in [9.17, 15) is 0 Å². The van der Waals surface area contributed by atoms with Gasteiger partial charge in [0.05, 0.1) is 0 Å². The second kappa shape index (κ2) is 15.0. The number of nitrogens with zero attached hydrogens (tertiary/aromatic N) is 2. The Morgan fingerprint density at radius 3 is 1.75 bits per heavy atom. The number of rotatable bonds is 16. The largest absolute Gasteiger partial charge is 0.174 e. The summed E-state index contributed by atoms with van der Waals surface area (Å²) in [6, 6.07) is 8.91. The zero-order chi connectivity index (χ0) is 19.9. The molecule has 2 rings (SSSR count). The van der Waals surface area contributed by atoms with Gasteiger partial charge in [0.25, 0.3) is 0 Å². The van der Waals surface area contributed by atoms with Crippen LogP contribution in [0.5, 0.6) is 0 Å². The molecule has 1 aromatic heterocycles. The predicted molar refractivity (Wildman–Crippen MR) is 127 cm³/mol. The van der Waals surface area contributed by atoms with Gasteiger partial charge in [-0.05, 0) is 24.7 Å². The van der Waals surface area contributed by atoms with Crippen LogP contribution in [0.15, 0.2) is 28.6 Å². The van der Waals surface area contributed by atoms with Crippen molar-refractivity contribution in [3.05, 3.63) is 29.8 Å². The highest BCUT2D eigenvalue weighted by atomic mass is 32.2. The standard InChI is InChI=1S/C24H38N2S2/c1-3-4-5-6-7-8-9-10-11-12-13-14-15-16-21-17-19-22(20-18-21)23-25-26-24(27-2)28-23/h17-20H,3-16H2,1-2H3. The van der Waals surface area contributed by atoms with E-state index < -0.39 is 0 Å². The van der Waals surface area contributed by atoms with Crippen LogP contribution in [-0.4, -0.2) is 16.5 Å². The van der Waals surface area contributed by atoms with Crippen LogP contribution in [0.4, 0.5) is 0 Å². The van der Waals surface area contributed by atoms with Crippen LogP contribution in [0.1, 0.15) is 96.0 Å². The molecule has 0 saturated carbocycles. The summed E-state index contributed by atoms with van der Waals surface area (Å²) in [4.78, 5) is 0. The average Bonchev–Trinajstić information content (AvgIpc) is 3.21. The molecule has 28 heavy (non-hydrogen) atoms. The molecule has 2 nitrogen and oxygen atoms in total. The molecule has 0 atom stereocenters. The van der Waals surface area contributed by atoms with Gasteiger partial charge in [0, 0.05) is 5.56 Å². The summed E-state index contributed by atoms with van der Waals surface area (Å²) in [5.41, 5.74) is 2.63. The van der Waals surface area contributed by atoms with Gasteiger partial charge in [-0.25, -0.2) is 0 Å². The summed E-state index contributed by atoms with van der Waals surface area (Å²) in [5, 5.41) is 9.48. The molecule has 0 aliphatic carbocycles. The molecular formula is C24H38N2S2. The van der Waals surface area contributed by atoms with Crippen molar-refractivity contribution < 1.29 is 0 Å². The minimum Gasteiger partial charge on any atom is -0.137 e. The molecule has 0 N–H and O–H groups in total. The maximum absolute atomic E-state index is 4.27. The molecule has 0 aliphatic heterocycles. The lowest BCUT2D eigenvalue weighted by Gasteiger charge is -2.04. The topological polar surface area (TPSA) is 25.8 Å². The highest BCUT2D eigenvalue weighted by Crippen LogP contribution is 2.28. The van der Waals surface area contributed by atoms with Crippen LogP contribution < -0.4 is 0 Å². The number of thioether (sulfide) groups is 1. The number of hydrogen-bond donors (Lipinski definition) is 0. The molecule has 0 fully saturated rings. The molecule has 0 saturated heterocycles. The molecule has 2 aromatic rings. The molecular weight excluding hydrogens is 380 g/mol. The van der Waals surface area contributed by atoms with E-state index in [1.54, 1.807) is 23.1 Å². The number of benzene rings is 1. The zero-order valence-corrected chi connectivity index (χ0v) is 19.6. The van der Waals surface area contributed by atoms with Gasteiger partial charge in [0.1, 0.15) is 5.01 Å². The normalized spacial score (nSPS) is 11.2. The van der Waals surface area contributed by atoms with E-state index in [0.29, 0.717) is 0 Å². The van der Waals surface area contributed by atoms with Crippen LogP contribution in [0.2, 0.25) is 0 Å². The molecule has 156 valence electrons. The van der Waals surface area contributed by atoms with E-state index in [1.807, 2.05) is 6.26 Å². The minimum absolute atomic E-state index is 1.02. The summed E-state index contributed by atoms with van der Waals surface area (Å²) in [6.45, 7) is 2.29. The summed E-state index contributed by atoms with van der Waals surface area (Å²) >= 11 is 3.33. The Morgan fingerprint density at radius 1 is 0.714 bits per heavy atom. The summed E-state index contributed by atoms with van der Waals surface area (Å²) in [7, 11) is 0. The van der Waals surface area contributed by atoms with Gasteiger partial charge in [-0.3, -0.25) is 0 Å². The smallest absolute Gasteiger partial charge is 0.137 e. The van der Waals surface area contributed by atoms with E-state index in [2.05, 4.69) is 41.4 Å². The molecule has 0 spiro atoms. The third kappa shape index (κ3) is 9.56. The van der Waals surface area contributed by atoms with Crippen LogP contribution in [0, 0.1) is 0 Å². The Hall–Kier alpha value is -0.870.